The summed E-state index contributed by atoms with van der Waals surface area (Å²) in [5.74, 6) is 1.49. The first-order valence-corrected chi connectivity index (χ1v) is 11.5. The van der Waals surface area contributed by atoms with Crippen LogP contribution in [0.5, 0.6) is 0 Å². The Hall–Kier alpha value is -3.20. The van der Waals surface area contributed by atoms with Crippen LogP contribution < -0.4 is 9.80 Å². The summed E-state index contributed by atoms with van der Waals surface area (Å²) in [4.78, 5) is 32.3. The number of amides is 1. The fraction of sp³-hybridized carbons (Fsp3) is 0.391. The summed E-state index contributed by atoms with van der Waals surface area (Å²) < 4.78 is 15.3. The Labute approximate surface area is 196 Å². The summed E-state index contributed by atoms with van der Waals surface area (Å²) >= 11 is 5.92. The molecule has 1 amide bonds. The van der Waals surface area contributed by atoms with Gasteiger partial charge in [0.05, 0.1) is 5.02 Å². The third kappa shape index (κ3) is 4.64. The van der Waals surface area contributed by atoms with Crippen LogP contribution in [0.2, 0.25) is 5.02 Å². The fourth-order valence-electron chi connectivity index (χ4n) is 4.53. The summed E-state index contributed by atoms with van der Waals surface area (Å²) in [5.41, 5.74) is 0.890. The number of rotatable bonds is 4. The van der Waals surface area contributed by atoms with Crippen molar-refractivity contribution in [3.63, 3.8) is 0 Å². The molecule has 0 spiro atoms. The molecule has 2 fully saturated rings. The van der Waals surface area contributed by atoms with E-state index in [4.69, 9.17) is 11.6 Å². The number of nitrogens with zero attached hydrogens (tertiary/aromatic N) is 7. The zero-order valence-corrected chi connectivity index (χ0v) is 18.9. The SMILES string of the molecule is O=C(C1CCN(c2cc(-n3ccnc3)ncn2)CC1)N1CCN(c2ccc(F)c(Cl)c2)CC1. The molecule has 10 heteroatoms. The Morgan fingerprint density at radius 3 is 2.42 bits per heavy atom. The lowest BCUT2D eigenvalue weighted by atomic mass is 9.95. The maximum atomic E-state index is 13.4. The minimum atomic E-state index is -0.416. The second-order valence-corrected chi connectivity index (χ2v) is 8.78. The average molecular weight is 470 g/mol. The number of halogens is 2. The summed E-state index contributed by atoms with van der Waals surface area (Å²) in [5, 5.41) is 0.124. The second kappa shape index (κ2) is 9.35. The summed E-state index contributed by atoms with van der Waals surface area (Å²) in [6, 6.07) is 6.72. The molecule has 0 aliphatic carbocycles. The van der Waals surface area contributed by atoms with Crippen LogP contribution in [0, 0.1) is 11.7 Å². The molecule has 172 valence electrons. The maximum absolute atomic E-state index is 13.4. The maximum Gasteiger partial charge on any atom is 0.225 e. The van der Waals surface area contributed by atoms with Gasteiger partial charge in [-0.2, -0.15) is 0 Å². The van der Waals surface area contributed by atoms with Gasteiger partial charge in [-0.05, 0) is 31.0 Å². The molecule has 2 aliphatic heterocycles. The lowest BCUT2D eigenvalue weighted by Gasteiger charge is -2.39. The Morgan fingerprint density at radius 1 is 0.970 bits per heavy atom. The van der Waals surface area contributed by atoms with Crippen LogP contribution in [0.3, 0.4) is 0 Å². The van der Waals surface area contributed by atoms with Crippen molar-refractivity contribution in [3.8, 4) is 5.82 Å². The van der Waals surface area contributed by atoms with E-state index in [1.165, 1.54) is 6.07 Å². The molecule has 0 unspecified atom stereocenters. The smallest absolute Gasteiger partial charge is 0.225 e. The molecule has 1 aromatic carbocycles. The van der Waals surface area contributed by atoms with Crippen LogP contribution in [0.4, 0.5) is 15.9 Å². The number of carbonyl (C=O) groups excluding carboxylic acids is 1. The Kier molecular flexibility index (Phi) is 6.13. The predicted molar refractivity (Wildman–Crippen MR) is 124 cm³/mol. The van der Waals surface area contributed by atoms with Gasteiger partial charge in [0.2, 0.25) is 5.91 Å². The zero-order chi connectivity index (χ0) is 22.8. The van der Waals surface area contributed by atoms with E-state index in [0.29, 0.717) is 26.2 Å². The Morgan fingerprint density at radius 2 is 1.73 bits per heavy atom. The molecule has 0 bridgehead atoms. The highest BCUT2D eigenvalue weighted by molar-refractivity contribution is 6.31. The second-order valence-electron chi connectivity index (χ2n) is 8.38. The van der Waals surface area contributed by atoms with E-state index in [2.05, 4.69) is 24.8 Å². The van der Waals surface area contributed by atoms with E-state index < -0.39 is 5.82 Å². The van der Waals surface area contributed by atoms with Crippen LogP contribution >= 0.6 is 11.6 Å². The van der Waals surface area contributed by atoms with Crippen molar-refractivity contribution < 1.29 is 9.18 Å². The number of imidazole rings is 1. The Bertz CT molecular complexity index is 1110. The van der Waals surface area contributed by atoms with E-state index >= 15 is 0 Å². The number of benzene rings is 1. The van der Waals surface area contributed by atoms with Crippen LogP contribution in [-0.4, -0.2) is 69.6 Å². The summed E-state index contributed by atoms with van der Waals surface area (Å²) in [7, 11) is 0. The topological polar surface area (TPSA) is 70.4 Å². The largest absolute Gasteiger partial charge is 0.368 e. The number of hydrogen-bond acceptors (Lipinski definition) is 6. The molecule has 5 rings (SSSR count). The molecule has 3 aromatic rings. The molecule has 4 heterocycles. The first kappa shape index (κ1) is 21.6. The van der Waals surface area contributed by atoms with Gasteiger partial charge in [-0.15, -0.1) is 0 Å². The number of hydrogen-bond donors (Lipinski definition) is 0. The molecule has 2 aliphatic rings. The average Bonchev–Trinajstić information content (AvgIpc) is 3.41. The van der Waals surface area contributed by atoms with Crippen molar-refractivity contribution in [3.05, 3.63) is 60.2 Å². The fourth-order valence-corrected chi connectivity index (χ4v) is 4.70. The number of anilines is 2. The number of carbonyl (C=O) groups is 1. The summed E-state index contributed by atoms with van der Waals surface area (Å²) in [6.07, 6.45) is 8.44. The lowest BCUT2D eigenvalue weighted by Crippen LogP contribution is -2.51. The molecule has 0 saturated carbocycles. The van der Waals surface area contributed by atoms with Gasteiger partial charge in [0.25, 0.3) is 0 Å². The van der Waals surface area contributed by atoms with Gasteiger partial charge in [0.15, 0.2) is 0 Å². The van der Waals surface area contributed by atoms with Gasteiger partial charge < -0.3 is 14.7 Å². The van der Waals surface area contributed by atoms with Crippen molar-refractivity contribution in [2.45, 2.75) is 12.8 Å². The van der Waals surface area contributed by atoms with E-state index in [9.17, 15) is 9.18 Å². The quantitative estimate of drug-likeness (QED) is 0.585. The first-order valence-electron chi connectivity index (χ1n) is 11.1. The van der Waals surface area contributed by atoms with Gasteiger partial charge in [0, 0.05) is 69.3 Å². The van der Waals surface area contributed by atoms with Crippen LogP contribution in [0.1, 0.15) is 12.8 Å². The third-order valence-electron chi connectivity index (χ3n) is 6.44. The van der Waals surface area contributed by atoms with Crippen molar-refractivity contribution in [2.24, 2.45) is 5.92 Å². The third-order valence-corrected chi connectivity index (χ3v) is 6.72. The van der Waals surface area contributed by atoms with Gasteiger partial charge in [-0.3, -0.25) is 9.36 Å². The van der Waals surface area contributed by atoms with Gasteiger partial charge in [-0.1, -0.05) is 11.6 Å². The number of aromatic nitrogens is 4. The molecular formula is C23H25ClFN7O. The first-order chi connectivity index (χ1) is 16.1. The highest BCUT2D eigenvalue weighted by Crippen LogP contribution is 2.26. The highest BCUT2D eigenvalue weighted by atomic mass is 35.5. The number of piperazine rings is 1. The van der Waals surface area contributed by atoms with Crippen LogP contribution in [-0.2, 0) is 4.79 Å². The van der Waals surface area contributed by atoms with Crippen molar-refractivity contribution in [1.82, 2.24) is 24.4 Å². The molecular weight excluding hydrogens is 445 g/mol. The number of piperidine rings is 1. The van der Waals surface area contributed by atoms with Crippen LogP contribution in [0.15, 0.2) is 49.3 Å². The monoisotopic (exact) mass is 469 g/mol. The molecule has 0 radical (unpaired) electrons. The molecule has 8 nitrogen and oxygen atoms in total. The highest BCUT2D eigenvalue weighted by Gasteiger charge is 2.31. The van der Waals surface area contributed by atoms with Crippen molar-refractivity contribution >= 4 is 29.0 Å². The van der Waals surface area contributed by atoms with E-state index in [1.807, 2.05) is 21.7 Å². The van der Waals surface area contributed by atoms with E-state index in [-0.39, 0.29) is 16.8 Å². The van der Waals surface area contributed by atoms with Gasteiger partial charge in [0.1, 0.15) is 30.1 Å². The molecule has 2 aromatic heterocycles. The minimum Gasteiger partial charge on any atom is -0.368 e. The summed E-state index contributed by atoms with van der Waals surface area (Å²) in [6.45, 7) is 4.31. The predicted octanol–water partition coefficient (Wildman–Crippen LogP) is 3.02. The molecule has 0 atom stereocenters. The Balaban J connectivity index is 1.15. The molecule has 33 heavy (non-hydrogen) atoms. The van der Waals surface area contributed by atoms with Crippen LogP contribution in [0.25, 0.3) is 5.82 Å². The molecule has 0 N–H and O–H groups in total. The lowest BCUT2D eigenvalue weighted by molar-refractivity contribution is -0.136. The van der Waals surface area contributed by atoms with Crippen molar-refractivity contribution in [1.29, 1.82) is 0 Å². The minimum absolute atomic E-state index is 0.0306. The van der Waals surface area contributed by atoms with Gasteiger partial charge >= 0.3 is 0 Å². The van der Waals surface area contributed by atoms with E-state index in [0.717, 1.165) is 43.3 Å². The standard InChI is InChI=1S/C23H25ClFN7O/c24-19-13-18(1-2-20(19)25)29-9-11-31(12-10-29)23(33)17-3-6-30(7-4-17)21-14-22(28-15-27-21)32-8-5-26-16-32/h1-2,5,8,13-17H,3-4,6-7,9-12H2. The normalized spacial score (nSPS) is 17.5. The van der Waals surface area contributed by atoms with Crippen molar-refractivity contribution in [2.75, 3.05) is 49.1 Å². The van der Waals surface area contributed by atoms with Gasteiger partial charge in [-0.25, -0.2) is 19.3 Å². The zero-order valence-electron chi connectivity index (χ0n) is 18.1. The molecule has 2 saturated heterocycles. The van der Waals surface area contributed by atoms with E-state index in [1.54, 1.807) is 31.0 Å².